The zero-order chi connectivity index (χ0) is 15.2. The van der Waals surface area contributed by atoms with Crippen molar-refractivity contribution in [3.63, 3.8) is 0 Å². The second-order valence-electron chi connectivity index (χ2n) is 5.94. The third kappa shape index (κ3) is 4.71. The lowest BCUT2D eigenvalue weighted by molar-refractivity contribution is 0.112. The highest BCUT2D eigenvalue weighted by atomic mass is 127. The van der Waals surface area contributed by atoms with Crippen molar-refractivity contribution in [2.24, 2.45) is 0 Å². The molecule has 0 bridgehead atoms. The minimum absolute atomic E-state index is 0.179. The Balaban J connectivity index is 2.90. The van der Waals surface area contributed by atoms with E-state index in [1.54, 1.807) is 0 Å². The molecule has 0 saturated heterocycles. The summed E-state index contributed by atoms with van der Waals surface area (Å²) in [6, 6.07) is 9.39. The number of nitrogens with zero attached hydrogens (tertiary/aromatic N) is 1. The fourth-order valence-corrected chi connectivity index (χ4v) is 2.92. The molecular weight excluding hydrogens is 359 g/mol. The highest BCUT2D eigenvalue weighted by Crippen LogP contribution is 2.24. The van der Waals surface area contributed by atoms with Crippen LogP contribution in [0.25, 0.3) is 0 Å². The van der Waals surface area contributed by atoms with Gasteiger partial charge in [0.15, 0.2) is 0 Å². The third-order valence-electron chi connectivity index (χ3n) is 4.48. The molecule has 3 heteroatoms. The molecule has 1 aromatic rings. The van der Waals surface area contributed by atoms with Crippen LogP contribution in [0.1, 0.15) is 39.2 Å². The molecule has 0 aliphatic heterocycles. The summed E-state index contributed by atoms with van der Waals surface area (Å²) in [6.07, 6.45) is 3.40. The molecule has 1 aromatic carbocycles. The maximum atomic E-state index is 3.76. The molecule has 20 heavy (non-hydrogen) atoms. The highest BCUT2D eigenvalue weighted by molar-refractivity contribution is 14.1. The summed E-state index contributed by atoms with van der Waals surface area (Å²) in [4.78, 5) is 2.37. The lowest BCUT2D eigenvalue weighted by Crippen LogP contribution is -2.57. The minimum Gasteiger partial charge on any atom is -0.312 e. The Hall–Kier alpha value is -0.130. The summed E-state index contributed by atoms with van der Waals surface area (Å²) in [6.45, 7) is 7.97. The fraction of sp³-hybridized carbons (Fsp3) is 0.647. The van der Waals surface area contributed by atoms with Crippen molar-refractivity contribution in [1.82, 2.24) is 10.2 Å². The summed E-state index contributed by atoms with van der Waals surface area (Å²) < 4.78 is 1.30. The zero-order valence-electron chi connectivity index (χ0n) is 13.5. The number of benzene rings is 1. The first-order valence-corrected chi connectivity index (χ1v) is 8.67. The number of nitrogens with one attached hydrogen (secondary N) is 1. The van der Waals surface area contributed by atoms with E-state index < -0.39 is 0 Å². The summed E-state index contributed by atoms with van der Waals surface area (Å²) in [5.74, 6) is 0. The highest BCUT2D eigenvalue weighted by Gasteiger charge is 2.34. The molecule has 2 unspecified atom stereocenters. The van der Waals surface area contributed by atoms with Crippen molar-refractivity contribution in [3.05, 3.63) is 33.4 Å². The molecule has 0 heterocycles. The molecule has 0 radical (unpaired) electrons. The van der Waals surface area contributed by atoms with Gasteiger partial charge in [0.1, 0.15) is 0 Å². The van der Waals surface area contributed by atoms with Crippen molar-refractivity contribution in [2.75, 3.05) is 20.6 Å². The van der Waals surface area contributed by atoms with Gasteiger partial charge in [0.05, 0.1) is 0 Å². The van der Waals surface area contributed by atoms with Crippen molar-refractivity contribution >= 4 is 22.6 Å². The van der Waals surface area contributed by atoms with E-state index in [9.17, 15) is 0 Å². The van der Waals surface area contributed by atoms with Crippen LogP contribution in [0.2, 0.25) is 0 Å². The van der Waals surface area contributed by atoms with Crippen LogP contribution in [0.3, 0.4) is 0 Å². The fourth-order valence-electron chi connectivity index (χ4n) is 2.56. The summed E-state index contributed by atoms with van der Waals surface area (Å²) in [5, 5.41) is 3.76. The van der Waals surface area contributed by atoms with E-state index in [1.165, 1.54) is 15.6 Å². The smallest absolute Gasteiger partial charge is 0.0328 e. The molecule has 2 atom stereocenters. The molecule has 0 amide bonds. The first-order chi connectivity index (χ1) is 9.43. The maximum absolute atomic E-state index is 3.76. The van der Waals surface area contributed by atoms with Crippen LogP contribution in [-0.2, 0) is 6.42 Å². The monoisotopic (exact) mass is 388 g/mol. The SMILES string of the molecule is CCCNC(Cc1ccc(I)cc1)C(C)(CC)N(C)C. The summed E-state index contributed by atoms with van der Waals surface area (Å²) in [7, 11) is 4.39. The van der Waals surface area contributed by atoms with Crippen molar-refractivity contribution < 1.29 is 0 Å². The largest absolute Gasteiger partial charge is 0.312 e. The number of likely N-dealkylation sites (N-methyl/N-ethyl adjacent to an activating group) is 1. The van der Waals surface area contributed by atoms with Crippen molar-refractivity contribution in [1.29, 1.82) is 0 Å². The van der Waals surface area contributed by atoms with Crippen molar-refractivity contribution in [2.45, 2.75) is 51.6 Å². The van der Waals surface area contributed by atoms with E-state index >= 15 is 0 Å². The normalized spacial score (nSPS) is 16.1. The van der Waals surface area contributed by atoms with Crippen LogP contribution < -0.4 is 5.32 Å². The lowest BCUT2D eigenvalue weighted by atomic mass is 9.84. The Morgan fingerprint density at radius 2 is 1.80 bits per heavy atom. The predicted octanol–water partition coefficient (Wildman–Crippen LogP) is 3.93. The van der Waals surface area contributed by atoms with Crippen LogP contribution in [0.4, 0.5) is 0 Å². The van der Waals surface area contributed by atoms with Gasteiger partial charge in [-0.2, -0.15) is 0 Å². The van der Waals surface area contributed by atoms with E-state index in [0.29, 0.717) is 6.04 Å². The van der Waals surface area contributed by atoms with Gasteiger partial charge in [0, 0.05) is 15.2 Å². The molecule has 2 nitrogen and oxygen atoms in total. The van der Waals surface area contributed by atoms with Crippen LogP contribution in [-0.4, -0.2) is 37.1 Å². The average Bonchev–Trinajstić information content (AvgIpc) is 2.44. The molecule has 0 aliphatic carbocycles. The Bertz CT molecular complexity index is 388. The van der Waals surface area contributed by atoms with E-state index in [4.69, 9.17) is 0 Å². The van der Waals surface area contributed by atoms with E-state index in [-0.39, 0.29) is 5.54 Å². The molecule has 0 aromatic heterocycles. The van der Waals surface area contributed by atoms with Gasteiger partial charge in [0.25, 0.3) is 0 Å². The third-order valence-corrected chi connectivity index (χ3v) is 5.20. The number of halogens is 1. The van der Waals surface area contributed by atoms with Crippen LogP contribution in [0.15, 0.2) is 24.3 Å². The molecule has 1 N–H and O–H groups in total. The summed E-state index contributed by atoms with van der Waals surface area (Å²) >= 11 is 2.36. The molecule has 0 aliphatic rings. The number of hydrogen-bond acceptors (Lipinski definition) is 2. The topological polar surface area (TPSA) is 15.3 Å². The second-order valence-corrected chi connectivity index (χ2v) is 7.19. The van der Waals surface area contributed by atoms with Crippen molar-refractivity contribution in [3.8, 4) is 0 Å². The number of rotatable bonds is 8. The first-order valence-electron chi connectivity index (χ1n) is 7.59. The quantitative estimate of drug-likeness (QED) is 0.679. The van der Waals surface area contributed by atoms with Gasteiger partial charge in [-0.15, -0.1) is 0 Å². The molecule has 0 saturated carbocycles. The standard InChI is InChI=1S/C17H29IN2/c1-6-12-19-16(17(3,7-2)20(4)5)13-14-8-10-15(18)11-9-14/h8-11,16,19H,6-7,12-13H2,1-5H3. The Morgan fingerprint density at radius 1 is 1.20 bits per heavy atom. The van der Waals surface area contributed by atoms with Gasteiger partial charge in [-0.1, -0.05) is 26.0 Å². The molecule has 114 valence electrons. The number of hydrogen-bond donors (Lipinski definition) is 1. The van der Waals surface area contributed by atoms with E-state index in [2.05, 4.69) is 91.9 Å². The average molecular weight is 388 g/mol. The molecule has 0 spiro atoms. The maximum Gasteiger partial charge on any atom is 0.0328 e. The van der Waals surface area contributed by atoms with Gasteiger partial charge < -0.3 is 10.2 Å². The summed E-state index contributed by atoms with van der Waals surface area (Å²) in [5.41, 5.74) is 1.60. The second kappa shape index (κ2) is 8.35. The van der Waals surface area contributed by atoms with Gasteiger partial charge in [0.2, 0.25) is 0 Å². The zero-order valence-corrected chi connectivity index (χ0v) is 15.7. The Labute approximate surface area is 138 Å². The van der Waals surface area contributed by atoms with Crippen LogP contribution >= 0.6 is 22.6 Å². The van der Waals surface area contributed by atoms with Gasteiger partial charge in [-0.25, -0.2) is 0 Å². The van der Waals surface area contributed by atoms with E-state index in [1.807, 2.05) is 0 Å². The lowest BCUT2D eigenvalue weighted by Gasteiger charge is -2.43. The first kappa shape index (κ1) is 17.9. The van der Waals surface area contributed by atoms with Crippen LogP contribution in [0, 0.1) is 3.57 Å². The minimum atomic E-state index is 0.179. The Morgan fingerprint density at radius 3 is 2.25 bits per heavy atom. The van der Waals surface area contributed by atoms with Gasteiger partial charge in [-0.3, -0.25) is 0 Å². The van der Waals surface area contributed by atoms with Crippen LogP contribution in [0.5, 0.6) is 0 Å². The van der Waals surface area contributed by atoms with Gasteiger partial charge >= 0.3 is 0 Å². The van der Waals surface area contributed by atoms with Gasteiger partial charge in [-0.05, 0) is 87.1 Å². The molecular formula is C17H29IN2. The molecule has 1 rings (SSSR count). The van der Waals surface area contributed by atoms with E-state index in [0.717, 1.165) is 19.4 Å². The Kier molecular flexibility index (Phi) is 7.48. The predicted molar refractivity (Wildman–Crippen MR) is 97.3 cm³/mol. The molecule has 0 fully saturated rings.